The molecule has 12 rings (SSSR count). The number of nitrogens with zero attached hydrogens (tertiary/aromatic N) is 10. The van der Waals surface area contributed by atoms with Gasteiger partial charge in [-0.15, -0.1) is 11.3 Å². The number of amides is 3. The maximum Gasteiger partial charge on any atom is 0.409 e. The highest BCUT2D eigenvalue weighted by Gasteiger charge is 2.50. The van der Waals surface area contributed by atoms with Gasteiger partial charge in [0.25, 0.3) is 0 Å². The van der Waals surface area contributed by atoms with Crippen molar-refractivity contribution in [1.82, 2.24) is 45.1 Å². The van der Waals surface area contributed by atoms with E-state index in [1.807, 2.05) is 69.6 Å². The fraction of sp³-hybridized carbons (Fsp3) is 0.500. The lowest BCUT2D eigenvalue weighted by molar-refractivity contribution is -0.141. The number of likely N-dealkylation sites (tertiary alicyclic amines) is 1. The number of pyridine rings is 1. The molecule has 0 unspecified atom stereocenters. The minimum absolute atomic E-state index is 0.00396. The van der Waals surface area contributed by atoms with Gasteiger partial charge in [0.05, 0.1) is 33.0 Å². The van der Waals surface area contributed by atoms with Gasteiger partial charge in [-0.25, -0.2) is 14.2 Å². The number of hydrogen-bond acceptors (Lipinski definition) is 16. The molecule has 4 aromatic heterocycles. The quantitative estimate of drug-likeness (QED) is 0.0926. The highest BCUT2D eigenvalue weighted by Crippen LogP contribution is 2.44. The number of fused-ring (bicyclic) bond motifs is 3. The molecule has 3 aromatic carbocycles. The number of thiazole rings is 1. The second kappa shape index (κ2) is 24.3. The van der Waals surface area contributed by atoms with Gasteiger partial charge in [-0.05, 0) is 124 Å². The fourth-order valence-corrected chi connectivity index (χ4v) is 14.6. The first kappa shape index (κ1) is 57.0. The molecule has 442 valence electrons. The number of anilines is 2. The molecule has 5 fully saturated rings. The monoisotopic (exact) mass is 1160 g/mol. The van der Waals surface area contributed by atoms with Crippen molar-refractivity contribution in [3.05, 3.63) is 101 Å². The van der Waals surface area contributed by atoms with E-state index in [-0.39, 0.29) is 71.0 Å². The number of ether oxygens (including phenoxy) is 2. The first-order valence-corrected chi connectivity index (χ1v) is 31.2. The number of nitrogens with one attached hydrogen (secondary N) is 1. The van der Waals surface area contributed by atoms with Gasteiger partial charge in [0.2, 0.25) is 11.8 Å². The molecule has 0 bridgehead atoms. The number of carbonyl (C=O) groups excluding carboxylic acids is 3. The molecule has 7 aromatic rings. The molecule has 0 spiro atoms. The minimum Gasteiger partial charge on any atom is -0.508 e. The van der Waals surface area contributed by atoms with Gasteiger partial charge >= 0.3 is 12.1 Å². The molecule has 0 saturated carbocycles. The van der Waals surface area contributed by atoms with E-state index in [1.165, 1.54) is 0 Å². The van der Waals surface area contributed by atoms with Crippen molar-refractivity contribution in [3.8, 4) is 33.5 Å². The van der Waals surface area contributed by atoms with Crippen LogP contribution >= 0.6 is 11.3 Å². The van der Waals surface area contributed by atoms with Crippen molar-refractivity contribution >= 4 is 62.6 Å². The average molecular weight is 1160 g/mol. The van der Waals surface area contributed by atoms with Crippen molar-refractivity contribution < 1.29 is 37.9 Å². The van der Waals surface area contributed by atoms with E-state index in [1.54, 1.807) is 39.5 Å². The number of aryl methyl sites for hydroxylation is 2. The zero-order chi connectivity index (χ0) is 58.2. The van der Waals surface area contributed by atoms with E-state index in [2.05, 4.69) is 49.2 Å². The number of carbonyl (C=O) groups is 3. The molecule has 2 N–H and O–H groups in total. The maximum atomic E-state index is 17.3. The van der Waals surface area contributed by atoms with Crippen LogP contribution in [-0.2, 0) is 20.7 Å². The molecule has 9 heterocycles. The standard InChI is InChI=1S/C64H76FN11O7S/c1-6-42-14-11-15-45-32-47(77)33-48(54(42)45)56-55(65)57-49(35-66-56)59(73-24-9-7-8-10-25-73)70-62(69-57)82-37-64-22-13-27-76(64)46(21-23-64)36-81-63(80)74-30-28-72(29-31-74)52-34-51(83-71-52)53(39(2)3)61(79)75-26-12-16-50(75)60(78)68-40(4)43-17-19-44(20-18-43)58-41(5)67-38-84-58/h11,14-15,17-20,32-35,38-40,46,50,53,77H,6-10,12-13,16,21-31,36-37H2,1-5H3,(H,68,78)/t40-,46-,50-,53-,64+/m0/s1. The zero-order valence-corrected chi connectivity index (χ0v) is 49.6. The predicted molar refractivity (Wildman–Crippen MR) is 322 cm³/mol. The summed E-state index contributed by atoms with van der Waals surface area (Å²) < 4.78 is 36.0. The summed E-state index contributed by atoms with van der Waals surface area (Å²) in [5.41, 5.74) is 6.37. The first-order chi connectivity index (χ1) is 40.8. The summed E-state index contributed by atoms with van der Waals surface area (Å²) in [5.74, 6) is 0.0328. The number of piperazine rings is 1. The van der Waals surface area contributed by atoms with Gasteiger partial charge < -0.3 is 44.0 Å². The molecule has 18 nitrogen and oxygen atoms in total. The first-order valence-electron chi connectivity index (χ1n) is 30.3. The topological polar surface area (TPSA) is 196 Å². The van der Waals surface area contributed by atoms with Gasteiger partial charge in [-0.1, -0.05) is 81.2 Å². The minimum atomic E-state index is -0.633. The van der Waals surface area contributed by atoms with Gasteiger partial charge in [-0.3, -0.25) is 19.5 Å². The third-order valence-corrected chi connectivity index (χ3v) is 19.3. The van der Waals surface area contributed by atoms with Gasteiger partial charge in [-0.2, -0.15) is 9.97 Å². The predicted octanol–water partition coefficient (Wildman–Crippen LogP) is 11.0. The number of hydrogen-bond donors (Lipinski definition) is 2. The van der Waals surface area contributed by atoms with Crippen LogP contribution in [0.5, 0.6) is 11.8 Å². The van der Waals surface area contributed by atoms with E-state index in [0.29, 0.717) is 74.1 Å². The Balaban J connectivity index is 0.662. The molecule has 3 amide bonds. The van der Waals surface area contributed by atoms with Gasteiger partial charge in [0, 0.05) is 69.7 Å². The molecule has 84 heavy (non-hydrogen) atoms. The SMILES string of the molecule is CCc1cccc2cc(O)cc(-c3ncc4c(N5CCCCCC5)nc(OC[C@]56CCCN5[C@H](COC(=O)N5CCN(c7cc([C@@H](C(=O)N8CCC[C@H]8C(=O)N[C@@H](C)c8ccc(-c9scnc9C)cc8)C(C)C)on7)CC5)CC6)nc4c3F)c12. The van der Waals surface area contributed by atoms with Crippen molar-refractivity contribution in [2.45, 2.75) is 135 Å². The normalized spacial score (nSPS) is 21.1. The van der Waals surface area contributed by atoms with E-state index < -0.39 is 17.8 Å². The lowest BCUT2D eigenvalue weighted by Gasteiger charge is -2.36. The van der Waals surface area contributed by atoms with Crippen LogP contribution in [0.3, 0.4) is 0 Å². The molecule has 20 heteroatoms. The molecule has 5 aliphatic rings. The summed E-state index contributed by atoms with van der Waals surface area (Å²) in [6.45, 7) is 15.3. The van der Waals surface area contributed by atoms with Crippen LogP contribution in [-0.4, -0.2) is 146 Å². The van der Waals surface area contributed by atoms with E-state index in [0.717, 1.165) is 122 Å². The van der Waals surface area contributed by atoms with Crippen LogP contribution in [0.1, 0.15) is 126 Å². The van der Waals surface area contributed by atoms with Crippen molar-refractivity contribution in [3.63, 3.8) is 0 Å². The third kappa shape index (κ3) is 11.2. The number of benzene rings is 3. The van der Waals surface area contributed by atoms with Crippen LogP contribution in [0.4, 0.5) is 20.8 Å². The third-order valence-electron chi connectivity index (χ3n) is 18.4. The molecular weight excluding hydrogens is 1090 g/mol. The van der Waals surface area contributed by atoms with E-state index in [4.69, 9.17) is 28.9 Å². The lowest BCUT2D eigenvalue weighted by Crippen LogP contribution is -2.50. The van der Waals surface area contributed by atoms with E-state index in [9.17, 15) is 19.5 Å². The second-order valence-corrected chi connectivity index (χ2v) is 24.8. The summed E-state index contributed by atoms with van der Waals surface area (Å²) >= 11 is 1.61. The Bertz CT molecular complexity index is 3540. The Kier molecular flexibility index (Phi) is 16.5. The lowest BCUT2D eigenvalue weighted by atomic mass is 9.91. The summed E-state index contributed by atoms with van der Waals surface area (Å²) in [5, 5.41) is 20.6. The molecule has 5 aliphatic heterocycles. The molecule has 0 radical (unpaired) electrons. The van der Waals surface area contributed by atoms with Crippen LogP contribution in [0.2, 0.25) is 0 Å². The number of phenols is 1. The van der Waals surface area contributed by atoms with Crippen LogP contribution < -0.4 is 19.9 Å². The number of aromatic hydroxyl groups is 1. The second-order valence-electron chi connectivity index (χ2n) is 23.9. The summed E-state index contributed by atoms with van der Waals surface area (Å²) in [4.78, 5) is 72.2. The van der Waals surface area contributed by atoms with Crippen LogP contribution in [0.15, 0.2) is 76.9 Å². The van der Waals surface area contributed by atoms with Crippen molar-refractivity contribution in [1.29, 1.82) is 0 Å². The maximum absolute atomic E-state index is 17.3. The Labute approximate surface area is 493 Å². The number of aromatic nitrogens is 5. The van der Waals surface area contributed by atoms with Crippen molar-refractivity contribution in [2.75, 3.05) is 75.4 Å². The van der Waals surface area contributed by atoms with Crippen molar-refractivity contribution in [2.24, 2.45) is 5.92 Å². The summed E-state index contributed by atoms with van der Waals surface area (Å²) in [6, 6.07) is 18.5. The molecule has 5 saturated heterocycles. The average Bonchev–Trinajstić information content (AvgIpc) is 3.22. The van der Waals surface area contributed by atoms with Crippen LogP contribution in [0.25, 0.3) is 43.4 Å². The molecule has 0 aliphatic carbocycles. The fourth-order valence-electron chi connectivity index (χ4n) is 13.8. The smallest absolute Gasteiger partial charge is 0.409 e. The van der Waals surface area contributed by atoms with E-state index >= 15 is 4.39 Å². The highest BCUT2D eigenvalue weighted by molar-refractivity contribution is 7.13. The molecular formula is C64H76FN11O7S. The molecule has 5 atom stereocenters. The Morgan fingerprint density at radius 2 is 1.68 bits per heavy atom. The Hall–Kier alpha value is -7.45. The van der Waals surface area contributed by atoms with Crippen LogP contribution in [0, 0.1) is 18.7 Å². The largest absolute Gasteiger partial charge is 0.508 e. The summed E-state index contributed by atoms with van der Waals surface area (Å²) in [6.07, 6.45) is 11.1. The Morgan fingerprint density at radius 3 is 2.43 bits per heavy atom. The number of rotatable bonds is 16. The Morgan fingerprint density at radius 1 is 0.881 bits per heavy atom. The summed E-state index contributed by atoms with van der Waals surface area (Å²) in [7, 11) is 0. The van der Waals surface area contributed by atoms with Gasteiger partial charge in [0.15, 0.2) is 17.4 Å². The number of phenolic OH excluding ortho intramolecular Hbond substituents is 1. The number of halogens is 1. The van der Waals surface area contributed by atoms with Gasteiger partial charge in [0.1, 0.15) is 48.0 Å². The zero-order valence-electron chi connectivity index (χ0n) is 48.8. The highest BCUT2D eigenvalue weighted by atomic mass is 32.1.